The zero-order chi connectivity index (χ0) is 16.2. The number of nitrogens with one attached hydrogen (secondary N) is 1. The molecule has 3 rings (SSSR count). The third-order valence-corrected chi connectivity index (χ3v) is 5.13. The van der Waals surface area contributed by atoms with E-state index in [1.807, 2.05) is 38.1 Å². The zero-order valence-electron chi connectivity index (χ0n) is 13.6. The smallest absolute Gasteiger partial charge is 0.237 e. The minimum absolute atomic E-state index is 0.00942. The molecule has 2 aromatic rings. The quantitative estimate of drug-likeness (QED) is 0.873. The molecule has 23 heavy (non-hydrogen) atoms. The highest BCUT2D eigenvalue weighted by atomic mass is 32.2. The Morgan fingerprint density at radius 3 is 2.78 bits per heavy atom. The number of carbonyl (C=O) groups excluding carboxylic acids is 1. The standard InChI is InChI=1S/C17H22N4OS/c1-12-7-9-14(10-8-12)18-16(22)13(2)23-17-20-19-15-6-4-3-5-11-21(15)17/h7-10,13H,3-6,11H2,1-2H3,(H,18,22)/t13-/m0/s1. The lowest BCUT2D eigenvalue weighted by molar-refractivity contribution is -0.115. The molecule has 0 saturated carbocycles. The number of nitrogens with zero attached hydrogens (tertiary/aromatic N) is 3. The first kappa shape index (κ1) is 16.1. The van der Waals surface area contributed by atoms with Crippen LogP contribution in [0.3, 0.4) is 0 Å². The normalized spacial score (nSPS) is 15.6. The number of carbonyl (C=O) groups is 1. The summed E-state index contributed by atoms with van der Waals surface area (Å²) < 4.78 is 2.17. The van der Waals surface area contributed by atoms with E-state index in [0.29, 0.717) is 0 Å². The largest absolute Gasteiger partial charge is 0.325 e. The molecule has 0 aliphatic carbocycles. The van der Waals surface area contributed by atoms with Gasteiger partial charge in [0.2, 0.25) is 5.91 Å². The van der Waals surface area contributed by atoms with E-state index >= 15 is 0 Å². The van der Waals surface area contributed by atoms with Gasteiger partial charge >= 0.3 is 0 Å². The van der Waals surface area contributed by atoms with Gasteiger partial charge in [0.25, 0.3) is 0 Å². The third kappa shape index (κ3) is 3.93. The molecule has 2 heterocycles. The molecule has 122 valence electrons. The summed E-state index contributed by atoms with van der Waals surface area (Å²) in [6.07, 6.45) is 4.54. The predicted octanol–water partition coefficient (Wildman–Crippen LogP) is 3.43. The molecule has 5 nitrogen and oxygen atoms in total. The highest BCUT2D eigenvalue weighted by Gasteiger charge is 2.21. The Bertz CT molecular complexity index is 680. The number of anilines is 1. The second kappa shape index (κ2) is 7.17. The van der Waals surface area contributed by atoms with Crippen LogP contribution < -0.4 is 5.32 Å². The van der Waals surface area contributed by atoms with E-state index < -0.39 is 0 Å². The number of hydrogen-bond acceptors (Lipinski definition) is 4. The molecule has 1 aliphatic rings. The van der Waals surface area contributed by atoms with Crippen molar-refractivity contribution in [2.45, 2.75) is 56.5 Å². The van der Waals surface area contributed by atoms with Crippen LogP contribution in [-0.2, 0) is 17.8 Å². The van der Waals surface area contributed by atoms with Gasteiger partial charge in [0.15, 0.2) is 5.16 Å². The maximum absolute atomic E-state index is 12.4. The lowest BCUT2D eigenvalue weighted by Gasteiger charge is -2.13. The molecule has 1 aromatic heterocycles. The van der Waals surface area contributed by atoms with Crippen molar-refractivity contribution in [1.29, 1.82) is 0 Å². The fourth-order valence-electron chi connectivity index (χ4n) is 2.64. The maximum Gasteiger partial charge on any atom is 0.237 e. The topological polar surface area (TPSA) is 59.8 Å². The van der Waals surface area contributed by atoms with E-state index in [-0.39, 0.29) is 11.2 Å². The van der Waals surface area contributed by atoms with Crippen molar-refractivity contribution < 1.29 is 4.79 Å². The maximum atomic E-state index is 12.4. The molecule has 0 saturated heterocycles. The minimum Gasteiger partial charge on any atom is -0.325 e. The van der Waals surface area contributed by atoms with Crippen LogP contribution in [-0.4, -0.2) is 25.9 Å². The molecule has 0 unspecified atom stereocenters. The SMILES string of the molecule is Cc1ccc(NC(=O)[C@H](C)Sc2nnc3n2CCCCC3)cc1. The zero-order valence-corrected chi connectivity index (χ0v) is 14.4. The van der Waals surface area contributed by atoms with Gasteiger partial charge < -0.3 is 9.88 Å². The number of aryl methyl sites for hydroxylation is 2. The van der Waals surface area contributed by atoms with Crippen LogP contribution in [0.5, 0.6) is 0 Å². The van der Waals surface area contributed by atoms with Gasteiger partial charge in [-0.15, -0.1) is 10.2 Å². The van der Waals surface area contributed by atoms with E-state index in [2.05, 4.69) is 20.1 Å². The Kier molecular flexibility index (Phi) is 5.00. The Hall–Kier alpha value is -1.82. The van der Waals surface area contributed by atoms with Crippen molar-refractivity contribution in [1.82, 2.24) is 14.8 Å². The minimum atomic E-state index is -0.215. The van der Waals surface area contributed by atoms with E-state index in [9.17, 15) is 4.79 Å². The van der Waals surface area contributed by atoms with Gasteiger partial charge in [-0.2, -0.15) is 0 Å². The van der Waals surface area contributed by atoms with Crippen LogP contribution in [0.2, 0.25) is 0 Å². The molecule has 1 aliphatic heterocycles. The van der Waals surface area contributed by atoms with Crippen molar-refractivity contribution in [2.75, 3.05) is 5.32 Å². The summed E-state index contributed by atoms with van der Waals surface area (Å²) in [5.41, 5.74) is 2.00. The summed E-state index contributed by atoms with van der Waals surface area (Å²) in [5, 5.41) is 12.2. The number of hydrogen-bond donors (Lipinski definition) is 1. The molecule has 1 N–H and O–H groups in total. The molecule has 0 radical (unpaired) electrons. The number of aromatic nitrogens is 3. The highest BCUT2D eigenvalue weighted by molar-refractivity contribution is 8.00. The number of fused-ring (bicyclic) bond motifs is 1. The average Bonchev–Trinajstić information content (AvgIpc) is 2.77. The van der Waals surface area contributed by atoms with Crippen LogP contribution in [0.25, 0.3) is 0 Å². The number of thioether (sulfide) groups is 1. The van der Waals surface area contributed by atoms with Gasteiger partial charge in [-0.25, -0.2) is 0 Å². The van der Waals surface area contributed by atoms with Crippen molar-refractivity contribution >= 4 is 23.4 Å². The fourth-order valence-corrected chi connectivity index (χ4v) is 3.53. The Morgan fingerprint density at radius 2 is 2.00 bits per heavy atom. The molecular weight excluding hydrogens is 308 g/mol. The predicted molar refractivity (Wildman–Crippen MR) is 92.7 cm³/mol. The molecular formula is C17H22N4OS. The first-order valence-electron chi connectivity index (χ1n) is 8.10. The van der Waals surface area contributed by atoms with E-state index in [0.717, 1.165) is 36.1 Å². The molecule has 1 amide bonds. The summed E-state index contributed by atoms with van der Waals surface area (Å²) in [6, 6.07) is 7.83. The summed E-state index contributed by atoms with van der Waals surface area (Å²) in [6.45, 7) is 4.89. The molecule has 1 aromatic carbocycles. The van der Waals surface area contributed by atoms with Crippen molar-refractivity contribution in [2.24, 2.45) is 0 Å². The Balaban J connectivity index is 1.64. The van der Waals surface area contributed by atoms with E-state index in [1.165, 1.54) is 30.2 Å². The summed E-state index contributed by atoms with van der Waals surface area (Å²) in [4.78, 5) is 12.4. The molecule has 6 heteroatoms. The Morgan fingerprint density at radius 1 is 1.22 bits per heavy atom. The first-order chi connectivity index (χ1) is 11.1. The third-order valence-electron chi connectivity index (χ3n) is 4.05. The average molecular weight is 330 g/mol. The van der Waals surface area contributed by atoms with Gasteiger partial charge in [0.05, 0.1) is 5.25 Å². The molecule has 1 atom stereocenters. The summed E-state index contributed by atoms with van der Waals surface area (Å²) in [7, 11) is 0. The van der Waals surface area contributed by atoms with Gasteiger partial charge in [-0.1, -0.05) is 35.9 Å². The molecule has 0 spiro atoms. The fraction of sp³-hybridized carbons (Fsp3) is 0.471. The molecule has 0 bridgehead atoms. The van der Waals surface area contributed by atoms with Crippen molar-refractivity contribution in [3.63, 3.8) is 0 Å². The van der Waals surface area contributed by atoms with Gasteiger partial charge in [-0.05, 0) is 38.8 Å². The van der Waals surface area contributed by atoms with Crippen LogP contribution >= 0.6 is 11.8 Å². The summed E-state index contributed by atoms with van der Waals surface area (Å²) in [5.74, 6) is 1.04. The van der Waals surface area contributed by atoms with Crippen molar-refractivity contribution in [3.8, 4) is 0 Å². The van der Waals surface area contributed by atoms with Gasteiger partial charge in [-0.3, -0.25) is 4.79 Å². The van der Waals surface area contributed by atoms with Crippen LogP contribution in [0.4, 0.5) is 5.69 Å². The first-order valence-corrected chi connectivity index (χ1v) is 8.98. The summed E-state index contributed by atoms with van der Waals surface area (Å²) >= 11 is 1.48. The number of amides is 1. The van der Waals surface area contributed by atoms with Crippen LogP contribution in [0.15, 0.2) is 29.4 Å². The van der Waals surface area contributed by atoms with E-state index in [1.54, 1.807) is 0 Å². The lowest BCUT2D eigenvalue weighted by Crippen LogP contribution is -2.23. The monoisotopic (exact) mass is 330 g/mol. The van der Waals surface area contributed by atoms with Crippen molar-refractivity contribution in [3.05, 3.63) is 35.7 Å². The second-order valence-corrected chi connectivity index (χ2v) is 7.28. The van der Waals surface area contributed by atoms with Gasteiger partial charge in [0, 0.05) is 18.7 Å². The lowest BCUT2D eigenvalue weighted by atomic mass is 10.2. The van der Waals surface area contributed by atoms with Gasteiger partial charge in [0.1, 0.15) is 5.82 Å². The number of rotatable bonds is 4. The Labute approximate surface area is 140 Å². The highest BCUT2D eigenvalue weighted by Crippen LogP contribution is 2.26. The number of benzene rings is 1. The molecule has 0 fully saturated rings. The van der Waals surface area contributed by atoms with Crippen LogP contribution in [0, 0.1) is 6.92 Å². The second-order valence-electron chi connectivity index (χ2n) is 5.98. The van der Waals surface area contributed by atoms with E-state index in [4.69, 9.17) is 0 Å². The van der Waals surface area contributed by atoms with Crippen LogP contribution in [0.1, 0.15) is 37.6 Å².